The van der Waals surface area contributed by atoms with Crippen LogP contribution in [0.3, 0.4) is 0 Å². The molecule has 1 aliphatic heterocycles. The summed E-state index contributed by atoms with van der Waals surface area (Å²) in [7, 11) is 0. The van der Waals surface area contributed by atoms with Crippen molar-refractivity contribution in [1.29, 1.82) is 0 Å². The van der Waals surface area contributed by atoms with E-state index in [4.69, 9.17) is 4.74 Å². The van der Waals surface area contributed by atoms with Crippen molar-refractivity contribution in [2.75, 3.05) is 13.2 Å². The summed E-state index contributed by atoms with van der Waals surface area (Å²) in [4.78, 5) is 0. The van der Waals surface area contributed by atoms with Crippen molar-refractivity contribution >= 4 is 0 Å². The Morgan fingerprint density at radius 2 is 2.15 bits per heavy atom. The van der Waals surface area contributed by atoms with Gasteiger partial charge in [0.15, 0.2) is 0 Å². The monoisotopic (exact) mass is 185 g/mol. The van der Waals surface area contributed by atoms with Crippen LogP contribution in [-0.4, -0.2) is 36.5 Å². The van der Waals surface area contributed by atoms with Gasteiger partial charge in [-0.25, -0.2) is 0 Å². The average Bonchev–Trinajstić information content (AvgIpc) is 2.72. The summed E-state index contributed by atoms with van der Waals surface area (Å²) in [6, 6.07) is 0.323. The van der Waals surface area contributed by atoms with E-state index in [1.165, 1.54) is 12.8 Å². The van der Waals surface area contributed by atoms with E-state index >= 15 is 0 Å². The minimum absolute atomic E-state index is 0.124. The van der Waals surface area contributed by atoms with Gasteiger partial charge < -0.3 is 15.2 Å². The molecule has 0 aromatic rings. The third-order valence-corrected chi connectivity index (χ3v) is 3.11. The quantitative estimate of drug-likeness (QED) is 0.679. The van der Waals surface area contributed by atoms with Crippen LogP contribution >= 0.6 is 0 Å². The third-order valence-electron chi connectivity index (χ3n) is 3.11. The second kappa shape index (κ2) is 4.40. The predicted octanol–water partition coefficient (Wildman–Crippen LogP) is 0.668. The molecule has 3 unspecified atom stereocenters. The normalized spacial score (nSPS) is 39.9. The van der Waals surface area contributed by atoms with Gasteiger partial charge in [0, 0.05) is 19.2 Å². The third kappa shape index (κ3) is 2.42. The molecule has 1 saturated carbocycles. The van der Waals surface area contributed by atoms with Crippen molar-refractivity contribution in [3.63, 3.8) is 0 Å². The number of hydrogen-bond donors (Lipinski definition) is 2. The van der Waals surface area contributed by atoms with Crippen molar-refractivity contribution in [2.45, 2.75) is 50.4 Å². The first-order valence-electron chi connectivity index (χ1n) is 5.39. The van der Waals surface area contributed by atoms with E-state index in [1.807, 2.05) is 0 Å². The first-order chi connectivity index (χ1) is 6.36. The van der Waals surface area contributed by atoms with Gasteiger partial charge in [0.05, 0.1) is 12.2 Å². The summed E-state index contributed by atoms with van der Waals surface area (Å²) < 4.78 is 5.50. The molecule has 2 aliphatic rings. The topological polar surface area (TPSA) is 41.5 Å². The van der Waals surface area contributed by atoms with Gasteiger partial charge in [-0.3, -0.25) is 0 Å². The van der Waals surface area contributed by atoms with E-state index < -0.39 is 0 Å². The van der Waals surface area contributed by atoms with Gasteiger partial charge in [0.2, 0.25) is 0 Å². The Labute approximate surface area is 79.5 Å². The first-order valence-corrected chi connectivity index (χ1v) is 5.39. The Morgan fingerprint density at radius 3 is 2.77 bits per heavy atom. The van der Waals surface area contributed by atoms with Gasteiger partial charge in [-0.15, -0.1) is 0 Å². The van der Waals surface area contributed by atoms with Crippen molar-refractivity contribution in [1.82, 2.24) is 5.32 Å². The minimum atomic E-state index is -0.124. The molecule has 3 atom stereocenters. The van der Waals surface area contributed by atoms with E-state index in [1.54, 1.807) is 0 Å². The first kappa shape index (κ1) is 9.44. The molecule has 0 aromatic carbocycles. The second-order valence-corrected chi connectivity index (χ2v) is 4.15. The van der Waals surface area contributed by atoms with E-state index in [2.05, 4.69) is 5.32 Å². The van der Waals surface area contributed by atoms with Crippen molar-refractivity contribution in [3.8, 4) is 0 Å². The van der Waals surface area contributed by atoms with E-state index in [0.717, 1.165) is 32.4 Å². The summed E-state index contributed by atoms with van der Waals surface area (Å²) in [6.07, 6.45) is 5.88. The second-order valence-electron chi connectivity index (χ2n) is 4.15. The van der Waals surface area contributed by atoms with Gasteiger partial charge in [-0.2, -0.15) is 0 Å². The average molecular weight is 185 g/mol. The lowest BCUT2D eigenvalue weighted by Crippen LogP contribution is -2.39. The number of nitrogens with one attached hydrogen (secondary N) is 1. The maximum absolute atomic E-state index is 9.56. The van der Waals surface area contributed by atoms with E-state index in [-0.39, 0.29) is 6.10 Å². The summed E-state index contributed by atoms with van der Waals surface area (Å²) >= 11 is 0. The molecular formula is C10H19NO2. The summed E-state index contributed by atoms with van der Waals surface area (Å²) in [5.41, 5.74) is 0. The summed E-state index contributed by atoms with van der Waals surface area (Å²) in [5.74, 6) is 0. The Kier molecular flexibility index (Phi) is 3.19. The van der Waals surface area contributed by atoms with Gasteiger partial charge in [-0.1, -0.05) is 0 Å². The molecule has 1 aliphatic carbocycles. The fraction of sp³-hybridized carbons (Fsp3) is 1.00. The molecule has 0 amide bonds. The van der Waals surface area contributed by atoms with Crippen LogP contribution in [-0.2, 0) is 4.74 Å². The minimum Gasteiger partial charge on any atom is -0.392 e. The molecule has 2 rings (SSSR count). The Bertz CT molecular complexity index is 157. The van der Waals surface area contributed by atoms with Crippen LogP contribution in [0.4, 0.5) is 0 Å². The lowest BCUT2D eigenvalue weighted by Gasteiger charge is -2.18. The number of aliphatic hydroxyl groups is 1. The molecule has 1 heterocycles. The lowest BCUT2D eigenvalue weighted by molar-refractivity contribution is 0.0952. The van der Waals surface area contributed by atoms with Crippen LogP contribution in [0.15, 0.2) is 0 Å². The SMILES string of the molecule is OC1CCCC1NCC1CCCO1. The molecule has 76 valence electrons. The van der Waals surface area contributed by atoms with E-state index in [0.29, 0.717) is 12.1 Å². The largest absolute Gasteiger partial charge is 0.392 e. The van der Waals surface area contributed by atoms with E-state index in [9.17, 15) is 5.11 Å². The zero-order valence-corrected chi connectivity index (χ0v) is 8.04. The van der Waals surface area contributed by atoms with Crippen molar-refractivity contribution in [3.05, 3.63) is 0 Å². The Hall–Kier alpha value is -0.120. The molecule has 1 saturated heterocycles. The predicted molar refractivity (Wildman–Crippen MR) is 50.6 cm³/mol. The lowest BCUT2D eigenvalue weighted by atomic mass is 10.2. The molecule has 0 spiro atoms. The van der Waals surface area contributed by atoms with Crippen LogP contribution < -0.4 is 5.32 Å². The molecule has 3 nitrogen and oxygen atoms in total. The molecule has 0 aromatic heterocycles. The highest BCUT2D eigenvalue weighted by molar-refractivity contribution is 4.83. The van der Waals surface area contributed by atoms with Crippen LogP contribution in [0.5, 0.6) is 0 Å². The summed E-state index contributed by atoms with van der Waals surface area (Å²) in [6.45, 7) is 1.83. The Morgan fingerprint density at radius 1 is 1.23 bits per heavy atom. The molecule has 13 heavy (non-hydrogen) atoms. The Balaban J connectivity index is 1.66. The molecule has 0 radical (unpaired) electrons. The highest BCUT2D eigenvalue weighted by atomic mass is 16.5. The van der Waals surface area contributed by atoms with Gasteiger partial charge >= 0.3 is 0 Å². The maximum Gasteiger partial charge on any atom is 0.0700 e. The molecule has 3 heteroatoms. The number of rotatable bonds is 3. The van der Waals surface area contributed by atoms with Crippen LogP contribution in [0.1, 0.15) is 32.1 Å². The van der Waals surface area contributed by atoms with Crippen molar-refractivity contribution < 1.29 is 9.84 Å². The zero-order valence-electron chi connectivity index (χ0n) is 8.04. The zero-order chi connectivity index (χ0) is 9.10. The molecular weight excluding hydrogens is 166 g/mol. The smallest absolute Gasteiger partial charge is 0.0700 e. The number of aliphatic hydroxyl groups excluding tert-OH is 1. The summed E-state index contributed by atoms with van der Waals surface area (Å²) in [5, 5.41) is 13.0. The van der Waals surface area contributed by atoms with Crippen LogP contribution in [0.25, 0.3) is 0 Å². The van der Waals surface area contributed by atoms with Gasteiger partial charge in [-0.05, 0) is 32.1 Å². The fourth-order valence-corrected chi connectivity index (χ4v) is 2.27. The maximum atomic E-state index is 9.56. The molecule has 2 N–H and O–H groups in total. The van der Waals surface area contributed by atoms with Gasteiger partial charge in [0.1, 0.15) is 0 Å². The van der Waals surface area contributed by atoms with Crippen LogP contribution in [0, 0.1) is 0 Å². The molecule has 0 bridgehead atoms. The highest BCUT2D eigenvalue weighted by Gasteiger charge is 2.26. The molecule has 2 fully saturated rings. The van der Waals surface area contributed by atoms with Gasteiger partial charge in [0.25, 0.3) is 0 Å². The highest BCUT2D eigenvalue weighted by Crippen LogP contribution is 2.19. The number of hydrogen-bond acceptors (Lipinski definition) is 3. The van der Waals surface area contributed by atoms with Crippen molar-refractivity contribution in [2.24, 2.45) is 0 Å². The van der Waals surface area contributed by atoms with Crippen LogP contribution in [0.2, 0.25) is 0 Å². The fourth-order valence-electron chi connectivity index (χ4n) is 2.27. The number of ether oxygens (including phenoxy) is 1. The standard InChI is InChI=1S/C10H19NO2/c12-10-5-1-4-9(10)11-7-8-3-2-6-13-8/h8-12H,1-7H2.